The summed E-state index contributed by atoms with van der Waals surface area (Å²) in [5.41, 5.74) is -0.198. The molecule has 0 atom stereocenters. The van der Waals surface area contributed by atoms with Crippen molar-refractivity contribution in [3.63, 3.8) is 0 Å². The predicted molar refractivity (Wildman–Crippen MR) is 88.8 cm³/mol. The van der Waals surface area contributed by atoms with E-state index in [2.05, 4.69) is 10.6 Å². The molecule has 0 aliphatic carbocycles. The summed E-state index contributed by atoms with van der Waals surface area (Å²) in [6.45, 7) is 0. The Hall–Kier alpha value is -2.62. The minimum Gasteiger partial charge on any atom is -0.358 e. The number of carbonyl (C=O) groups is 1. The largest absolute Gasteiger partial charge is 0.358 e. The van der Waals surface area contributed by atoms with Gasteiger partial charge in [0.05, 0.1) is 16.4 Å². The van der Waals surface area contributed by atoms with Gasteiger partial charge in [0.25, 0.3) is 5.91 Å². The number of nitrogens with zero attached hydrogens (tertiary/aromatic N) is 1. The van der Waals surface area contributed by atoms with Crippen molar-refractivity contribution in [1.82, 2.24) is 0 Å². The van der Waals surface area contributed by atoms with Gasteiger partial charge >= 0.3 is 0 Å². The fraction of sp³-hybridized carbons (Fsp3) is 0. The molecule has 8 heteroatoms. The molecule has 1 amide bonds. The molecule has 0 fully saturated rings. The lowest BCUT2D eigenvalue weighted by Crippen LogP contribution is -2.15. The molecule has 2 aromatic carbocycles. The number of nitrogens with one attached hydrogen (secondary N) is 2. The average Bonchev–Trinajstić information content (AvgIpc) is 2.53. The van der Waals surface area contributed by atoms with Crippen LogP contribution in [0.15, 0.2) is 48.2 Å². The third kappa shape index (κ3) is 4.44. The first-order valence-electron chi connectivity index (χ1n) is 6.49. The van der Waals surface area contributed by atoms with Crippen LogP contribution in [0.25, 0.3) is 0 Å². The molecule has 0 aliphatic heterocycles. The van der Waals surface area contributed by atoms with Crippen molar-refractivity contribution in [3.8, 4) is 6.07 Å². The maximum atomic E-state index is 13.5. The van der Waals surface area contributed by atoms with Crippen molar-refractivity contribution in [2.24, 2.45) is 0 Å². The Bertz CT molecular complexity index is 863. The van der Waals surface area contributed by atoms with Crippen molar-refractivity contribution in [1.29, 1.82) is 5.26 Å². The van der Waals surface area contributed by atoms with E-state index in [4.69, 9.17) is 28.5 Å². The van der Waals surface area contributed by atoms with E-state index in [0.717, 1.165) is 18.3 Å². The lowest BCUT2D eigenvalue weighted by molar-refractivity contribution is -0.112. The third-order valence-corrected chi connectivity index (χ3v) is 3.41. The Morgan fingerprint density at radius 1 is 1.12 bits per heavy atom. The molecule has 0 saturated carbocycles. The first-order chi connectivity index (χ1) is 11.4. The maximum Gasteiger partial charge on any atom is 0.267 e. The summed E-state index contributed by atoms with van der Waals surface area (Å²) in [6.07, 6.45) is 1.00. The van der Waals surface area contributed by atoms with E-state index in [1.54, 1.807) is 12.1 Å². The smallest absolute Gasteiger partial charge is 0.267 e. The van der Waals surface area contributed by atoms with Crippen LogP contribution in [-0.4, -0.2) is 5.91 Å². The van der Waals surface area contributed by atoms with Crippen LogP contribution in [0, 0.1) is 23.0 Å². The molecule has 0 unspecified atom stereocenters. The molecular weight excluding hydrogens is 359 g/mol. The molecule has 0 aromatic heterocycles. The molecule has 4 nitrogen and oxygen atoms in total. The number of rotatable bonds is 4. The highest BCUT2D eigenvalue weighted by Crippen LogP contribution is 2.25. The van der Waals surface area contributed by atoms with Crippen LogP contribution in [0.2, 0.25) is 10.0 Å². The molecule has 0 aliphatic rings. The molecule has 0 heterocycles. The van der Waals surface area contributed by atoms with Crippen molar-refractivity contribution in [2.75, 3.05) is 10.6 Å². The number of halogens is 4. The average molecular weight is 368 g/mol. The molecule has 0 radical (unpaired) electrons. The van der Waals surface area contributed by atoms with Crippen LogP contribution in [0.5, 0.6) is 0 Å². The van der Waals surface area contributed by atoms with Crippen molar-refractivity contribution < 1.29 is 13.6 Å². The van der Waals surface area contributed by atoms with Gasteiger partial charge in [0, 0.05) is 17.3 Å². The van der Waals surface area contributed by atoms with E-state index < -0.39 is 17.5 Å². The standard InChI is InChI=1S/C16H9Cl2F2N3O/c17-10-1-3-12(18)15(5-10)23-16(24)9(7-21)8-22-14-4-2-11(19)6-13(14)20/h1-6,8,22H,(H,23,24)/b9-8-. The highest BCUT2D eigenvalue weighted by molar-refractivity contribution is 6.35. The number of benzene rings is 2. The van der Waals surface area contributed by atoms with Gasteiger partial charge in [0.15, 0.2) is 0 Å². The van der Waals surface area contributed by atoms with Crippen LogP contribution in [0.4, 0.5) is 20.2 Å². The summed E-state index contributed by atoms with van der Waals surface area (Å²) < 4.78 is 26.3. The van der Waals surface area contributed by atoms with Crippen LogP contribution in [0.1, 0.15) is 0 Å². The molecular formula is C16H9Cl2F2N3O. The van der Waals surface area contributed by atoms with E-state index in [-0.39, 0.29) is 22.0 Å². The Balaban J connectivity index is 2.16. The second kappa shape index (κ2) is 7.77. The SMILES string of the molecule is N#C/C(=C/Nc1ccc(F)cc1F)C(=O)Nc1cc(Cl)ccc1Cl. The van der Waals surface area contributed by atoms with Gasteiger partial charge < -0.3 is 10.6 Å². The quantitative estimate of drug-likeness (QED) is 0.606. The van der Waals surface area contributed by atoms with Gasteiger partial charge in [-0.2, -0.15) is 5.26 Å². The normalized spacial score (nSPS) is 10.9. The van der Waals surface area contributed by atoms with E-state index in [0.29, 0.717) is 11.1 Å². The fourth-order valence-corrected chi connectivity index (χ4v) is 2.02. The maximum absolute atomic E-state index is 13.5. The van der Waals surface area contributed by atoms with E-state index in [1.807, 2.05) is 0 Å². The number of carbonyl (C=O) groups excluding carboxylic acids is 1. The Morgan fingerprint density at radius 2 is 1.88 bits per heavy atom. The molecule has 0 bridgehead atoms. The Labute approximate surface area is 146 Å². The van der Waals surface area contributed by atoms with Crippen LogP contribution in [0.3, 0.4) is 0 Å². The summed E-state index contributed by atoms with van der Waals surface area (Å²) in [5, 5.41) is 14.5. The second-order valence-corrected chi connectivity index (χ2v) is 5.36. The lowest BCUT2D eigenvalue weighted by atomic mass is 10.2. The number of hydrogen-bond acceptors (Lipinski definition) is 3. The van der Waals surface area contributed by atoms with Crippen molar-refractivity contribution >= 4 is 40.5 Å². The van der Waals surface area contributed by atoms with Gasteiger partial charge in [-0.25, -0.2) is 8.78 Å². The van der Waals surface area contributed by atoms with Crippen molar-refractivity contribution in [3.05, 3.63) is 69.9 Å². The zero-order chi connectivity index (χ0) is 17.7. The first kappa shape index (κ1) is 17.7. The van der Waals surface area contributed by atoms with Crippen LogP contribution < -0.4 is 10.6 Å². The van der Waals surface area contributed by atoms with E-state index >= 15 is 0 Å². The molecule has 2 N–H and O–H groups in total. The number of anilines is 2. The summed E-state index contributed by atoms with van der Waals surface area (Å²) in [7, 11) is 0. The van der Waals surface area contributed by atoms with Crippen LogP contribution in [-0.2, 0) is 4.79 Å². The molecule has 2 rings (SSSR count). The molecule has 2 aromatic rings. The van der Waals surface area contributed by atoms with Gasteiger partial charge in [0.2, 0.25) is 0 Å². The lowest BCUT2D eigenvalue weighted by Gasteiger charge is -2.08. The third-order valence-electron chi connectivity index (χ3n) is 2.84. The zero-order valence-electron chi connectivity index (χ0n) is 11.9. The van der Waals surface area contributed by atoms with Gasteiger partial charge in [-0.15, -0.1) is 0 Å². The minimum atomic E-state index is -0.859. The Kier molecular flexibility index (Phi) is 5.74. The highest BCUT2D eigenvalue weighted by atomic mass is 35.5. The predicted octanol–water partition coefficient (Wildman–Crippen LogP) is 4.73. The van der Waals surface area contributed by atoms with E-state index in [1.165, 1.54) is 12.1 Å². The topological polar surface area (TPSA) is 64.9 Å². The summed E-state index contributed by atoms with van der Waals surface area (Å²) in [6, 6.07) is 8.97. The summed E-state index contributed by atoms with van der Waals surface area (Å²) in [4.78, 5) is 12.1. The number of nitriles is 1. The monoisotopic (exact) mass is 367 g/mol. The first-order valence-corrected chi connectivity index (χ1v) is 7.24. The fourth-order valence-electron chi connectivity index (χ4n) is 1.69. The van der Waals surface area contributed by atoms with E-state index in [9.17, 15) is 13.6 Å². The second-order valence-electron chi connectivity index (χ2n) is 4.52. The highest BCUT2D eigenvalue weighted by Gasteiger charge is 2.12. The Morgan fingerprint density at radius 3 is 2.54 bits per heavy atom. The van der Waals surface area contributed by atoms with Gasteiger partial charge in [-0.3, -0.25) is 4.79 Å². The van der Waals surface area contributed by atoms with Gasteiger partial charge in [-0.05, 0) is 30.3 Å². The molecule has 122 valence electrons. The number of hydrogen-bond donors (Lipinski definition) is 2. The van der Waals surface area contributed by atoms with Gasteiger partial charge in [-0.1, -0.05) is 23.2 Å². The molecule has 24 heavy (non-hydrogen) atoms. The minimum absolute atomic E-state index is 0.0854. The van der Waals surface area contributed by atoms with Crippen molar-refractivity contribution in [2.45, 2.75) is 0 Å². The van der Waals surface area contributed by atoms with Crippen LogP contribution >= 0.6 is 23.2 Å². The molecule has 0 spiro atoms. The molecule has 0 saturated heterocycles. The summed E-state index contributed by atoms with van der Waals surface area (Å²) >= 11 is 11.7. The summed E-state index contributed by atoms with van der Waals surface area (Å²) in [5.74, 6) is -2.37. The van der Waals surface area contributed by atoms with Gasteiger partial charge in [0.1, 0.15) is 23.3 Å². The number of amides is 1. The zero-order valence-corrected chi connectivity index (χ0v) is 13.4.